The first kappa shape index (κ1) is 42.5. The van der Waals surface area contributed by atoms with E-state index in [9.17, 15) is 40.5 Å². The first-order valence-electron chi connectivity index (χ1n) is 21.9. The highest BCUT2D eigenvalue weighted by atomic mass is 16.7. The van der Waals surface area contributed by atoms with Gasteiger partial charge in [0.15, 0.2) is 6.29 Å². The molecule has 1 aromatic carbocycles. The molecule has 6 aliphatic carbocycles. The summed E-state index contributed by atoms with van der Waals surface area (Å²) >= 11 is 0. The van der Waals surface area contributed by atoms with Gasteiger partial charge in [0.1, 0.15) is 18.3 Å². The fourth-order valence-electron chi connectivity index (χ4n) is 15.0. The van der Waals surface area contributed by atoms with Crippen LogP contribution in [0.5, 0.6) is 0 Å². The summed E-state index contributed by atoms with van der Waals surface area (Å²) in [4.78, 5) is 13.4. The maximum absolute atomic E-state index is 13.4. The number of benzene rings is 1. The largest absolute Gasteiger partial charge is 0.481 e. The van der Waals surface area contributed by atoms with Crippen molar-refractivity contribution in [2.45, 2.75) is 129 Å². The Hall–Kier alpha value is -2.19. The molecule has 0 radical (unpaired) electrons. The third-order valence-electron chi connectivity index (χ3n) is 18.0. The van der Waals surface area contributed by atoms with Crippen LogP contribution >= 0.6 is 0 Å². The number of aliphatic hydroxyl groups excluding tert-OH is 6. The summed E-state index contributed by atoms with van der Waals surface area (Å²) in [5.74, 6) is -1.23. The van der Waals surface area contributed by atoms with E-state index in [0.29, 0.717) is 32.1 Å². The van der Waals surface area contributed by atoms with Crippen LogP contribution in [0.1, 0.15) is 91.5 Å². The molecule has 18 atom stereocenters. The zero-order valence-corrected chi connectivity index (χ0v) is 35.0. The molecule has 7 aliphatic rings. The van der Waals surface area contributed by atoms with Crippen LogP contribution in [-0.4, -0.2) is 105 Å². The third-order valence-corrected chi connectivity index (χ3v) is 18.0. The number of ether oxygens (including phenoxy) is 3. The Labute approximate surface area is 343 Å². The lowest BCUT2D eigenvalue weighted by atomic mass is 9.28. The van der Waals surface area contributed by atoms with E-state index < -0.39 is 59.0 Å². The van der Waals surface area contributed by atoms with Crippen molar-refractivity contribution >= 4 is 5.97 Å². The van der Waals surface area contributed by atoms with Gasteiger partial charge in [-0.05, 0) is 108 Å². The van der Waals surface area contributed by atoms with E-state index in [1.807, 2.05) is 30.3 Å². The molecule has 1 aliphatic heterocycles. The van der Waals surface area contributed by atoms with Crippen LogP contribution in [0.2, 0.25) is 0 Å². The zero-order chi connectivity index (χ0) is 41.6. The molecule has 1 aromatic rings. The van der Waals surface area contributed by atoms with Crippen LogP contribution in [0, 0.1) is 68.0 Å². The number of carboxylic acid groups (broad SMARTS) is 1. The van der Waals surface area contributed by atoms with Gasteiger partial charge in [-0.15, -0.1) is 0 Å². The van der Waals surface area contributed by atoms with Gasteiger partial charge < -0.3 is 50.0 Å². The second-order valence-electron chi connectivity index (χ2n) is 20.9. The highest BCUT2D eigenvalue weighted by Crippen LogP contribution is 2.80. The molecule has 4 bridgehead atoms. The van der Waals surface area contributed by atoms with Crippen molar-refractivity contribution in [3.8, 4) is 0 Å². The van der Waals surface area contributed by atoms with E-state index in [2.05, 4.69) is 52.8 Å². The van der Waals surface area contributed by atoms with Crippen LogP contribution in [0.15, 0.2) is 54.1 Å². The molecular weight excluding hydrogens is 741 g/mol. The van der Waals surface area contributed by atoms with Crippen molar-refractivity contribution in [2.24, 2.45) is 68.0 Å². The van der Waals surface area contributed by atoms with E-state index >= 15 is 0 Å². The predicted octanol–water partition coefficient (Wildman–Crippen LogP) is 4.86. The molecule has 7 N–H and O–H groups in total. The molecule has 18 unspecified atom stereocenters. The quantitative estimate of drug-likeness (QED) is 0.120. The fraction of sp³-hybridized carbons (Fsp3) is 0.766. The third kappa shape index (κ3) is 6.03. The summed E-state index contributed by atoms with van der Waals surface area (Å²) in [6.45, 7) is 11.3. The lowest BCUT2D eigenvalue weighted by Gasteiger charge is -2.77. The fourth-order valence-corrected chi connectivity index (χ4v) is 15.0. The maximum Gasteiger partial charge on any atom is 0.310 e. The van der Waals surface area contributed by atoms with Gasteiger partial charge in [-0.1, -0.05) is 88.8 Å². The van der Waals surface area contributed by atoms with Gasteiger partial charge in [0, 0.05) is 24.5 Å². The summed E-state index contributed by atoms with van der Waals surface area (Å²) in [7, 11) is 0. The first-order valence-corrected chi connectivity index (χ1v) is 21.9. The molecule has 1 heterocycles. The molecule has 0 amide bonds. The SMILES string of the molecule is CC1(CO)CCC2(C(=O)O)CCC3(C)C(=CC(CCCO)C4C5(C)C6C=CC(CC43C)C5C(C)(CO)C(OC3OCC(O)C(O)C3O)C6OCc3ccccc3)C2C1. The predicted molar refractivity (Wildman–Crippen MR) is 215 cm³/mol. The molecule has 5 fully saturated rings. The van der Waals surface area contributed by atoms with Crippen molar-refractivity contribution in [1.29, 1.82) is 0 Å². The number of allylic oxidation sites excluding steroid dienone is 3. The summed E-state index contributed by atoms with van der Waals surface area (Å²) in [5.41, 5.74) is -1.13. The van der Waals surface area contributed by atoms with Crippen LogP contribution in [0.3, 0.4) is 0 Å². The molecule has 0 spiro atoms. The van der Waals surface area contributed by atoms with Crippen LogP contribution in [0.4, 0.5) is 0 Å². The Kier molecular flexibility index (Phi) is 11.0. The number of aliphatic hydroxyl groups is 6. The average molecular weight is 809 g/mol. The number of fused-ring (bicyclic) bond motifs is 5. The number of rotatable bonds is 11. The Morgan fingerprint density at radius 2 is 1.60 bits per heavy atom. The maximum atomic E-state index is 13.4. The smallest absolute Gasteiger partial charge is 0.310 e. The number of hydrogen-bond acceptors (Lipinski definition) is 10. The van der Waals surface area contributed by atoms with E-state index in [0.717, 1.165) is 24.8 Å². The van der Waals surface area contributed by atoms with Gasteiger partial charge in [-0.3, -0.25) is 4.79 Å². The van der Waals surface area contributed by atoms with Gasteiger partial charge in [0.25, 0.3) is 0 Å². The zero-order valence-electron chi connectivity index (χ0n) is 35.0. The highest BCUT2D eigenvalue weighted by Gasteiger charge is 2.77. The monoisotopic (exact) mass is 808 g/mol. The molecular formula is C47H68O11. The van der Waals surface area contributed by atoms with E-state index in [-0.39, 0.29) is 84.8 Å². The molecule has 322 valence electrons. The molecule has 1 saturated heterocycles. The van der Waals surface area contributed by atoms with Crippen molar-refractivity contribution in [1.82, 2.24) is 0 Å². The Balaban J connectivity index is 1.28. The molecule has 58 heavy (non-hydrogen) atoms. The summed E-state index contributed by atoms with van der Waals surface area (Å²) in [6, 6.07) is 9.92. The van der Waals surface area contributed by atoms with Gasteiger partial charge in [0.05, 0.1) is 37.4 Å². The molecule has 0 aromatic heterocycles. The second kappa shape index (κ2) is 15.0. The Morgan fingerprint density at radius 1 is 0.879 bits per heavy atom. The van der Waals surface area contributed by atoms with Gasteiger partial charge in [0.2, 0.25) is 0 Å². The Bertz CT molecular complexity index is 1750. The van der Waals surface area contributed by atoms with Crippen molar-refractivity contribution in [2.75, 3.05) is 26.4 Å². The van der Waals surface area contributed by atoms with Crippen molar-refractivity contribution in [3.05, 3.63) is 59.7 Å². The molecule has 4 saturated carbocycles. The lowest BCUT2D eigenvalue weighted by Crippen LogP contribution is -2.75. The topological polar surface area (TPSA) is 186 Å². The van der Waals surface area contributed by atoms with Crippen molar-refractivity contribution in [3.63, 3.8) is 0 Å². The van der Waals surface area contributed by atoms with E-state index in [4.69, 9.17) is 14.2 Å². The van der Waals surface area contributed by atoms with Gasteiger partial charge >= 0.3 is 5.97 Å². The molecule has 11 nitrogen and oxygen atoms in total. The first-order chi connectivity index (χ1) is 27.5. The minimum atomic E-state index is -1.52. The Morgan fingerprint density at radius 3 is 2.28 bits per heavy atom. The van der Waals surface area contributed by atoms with Gasteiger partial charge in [-0.2, -0.15) is 0 Å². The second-order valence-corrected chi connectivity index (χ2v) is 20.9. The number of hydrogen-bond donors (Lipinski definition) is 7. The van der Waals surface area contributed by atoms with E-state index in [1.165, 1.54) is 5.57 Å². The highest BCUT2D eigenvalue weighted by molar-refractivity contribution is 5.76. The molecule has 8 rings (SSSR count). The lowest BCUT2D eigenvalue weighted by molar-refractivity contribution is -0.348. The summed E-state index contributed by atoms with van der Waals surface area (Å²) in [5, 5.41) is 76.0. The average Bonchev–Trinajstić information content (AvgIpc) is 3.20. The molecule has 11 heteroatoms. The van der Waals surface area contributed by atoms with Crippen LogP contribution in [0.25, 0.3) is 0 Å². The number of aliphatic carboxylic acids is 1. The van der Waals surface area contributed by atoms with E-state index in [1.54, 1.807) is 0 Å². The summed E-state index contributed by atoms with van der Waals surface area (Å²) < 4.78 is 19.8. The van der Waals surface area contributed by atoms with Crippen LogP contribution < -0.4 is 0 Å². The minimum absolute atomic E-state index is 0.00935. The minimum Gasteiger partial charge on any atom is -0.481 e. The number of carbonyl (C=O) groups is 1. The summed E-state index contributed by atoms with van der Waals surface area (Å²) in [6.07, 6.45) is 5.45. The van der Waals surface area contributed by atoms with Crippen LogP contribution in [-0.2, 0) is 25.6 Å². The normalized spacial score (nSPS) is 50.6. The number of carboxylic acids is 1. The standard InChI is InChI=1S/C47H68O11/c1-42(25-49)15-17-47(41(54)55)18-16-44(3)31(32(47)22-42)20-28(12-9-19-48)38-45(44,4)21-29-13-14-30-36(56-23-27-10-7-6-8-11-27)39(43(2,26-50)37(29)46(30,38)5)58-40-35(53)34(52)33(51)24-57-40/h6-8,10-11,13-14,20,28-30,32-40,48-53H,9,12,15-19,21-26H2,1-5H3,(H,54,55). The van der Waals surface area contributed by atoms with Gasteiger partial charge in [-0.25, -0.2) is 0 Å². The van der Waals surface area contributed by atoms with Crippen molar-refractivity contribution < 1.29 is 54.8 Å².